The van der Waals surface area contributed by atoms with Gasteiger partial charge in [0, 0.05) is 56.4 Å². The fourth-order valence-electron chi connectivity index (χ4n) is 2.34. The third kappa shape index (κ3) is 4.16. The summed E-state index contributed by atoms with van der Waals surface area (Å²) in [6, 6.07) is 4.16. The SMILES string of the molecule is CN(C)CCN1CCN(c2ncccc2CBr)CC1. The smallest absolute Gasteiger partial charge is 0.132 e. The van der Waals surface area contributed by atoms with Gasteiger partial charge in [0.2, 0.25) is 0 Å². The highest BCUT2D eigenvalue weighted by molar-refractivity contribution is 9.08. The Morgan fingerprint density at radius 2 is 2.00 bits per heavy atom. The summed E-state index contributed by atoms with van der Waals surface area (Å²) in [7, 11) is 4.26. The normalized spacial score (nSPS) is 17.2. The molecule has 19 heavy (non-hydrogen) atoms. The summed E-state index contributed by atoms with van der Waals surface area (Å²) in [6.45, 7) is 6.71. The zero-order valence-corrected chi connectivity index (χ0v) is 13.4. The molecule has 106 valence electrons. The van der Waals surface area contributed by atoms with Crippen LogP contribution in [0.1, 0.15) is 5.56 Å². The molecular weight excluding hydrogens is 304 g/mol. The summed E-state index contributed by atoms with van der Waals surface area (Å²) in [6.07, 6.45) is 1.89. The molecule has 4 nitrogen and oxygen atoms in total. The molecular formula is C14H23BrN4. The van der Waals surface area contributed by atoms with Crippen LogP contribution in [0.5, 0.6) is 0 Å². The van der Waals surface area contributed by atoms with E-state index in [1.807, 2.05) is 12.3 Å². The van der Waals surface area contributed by atoms with Crippen LogP contribution in [0.4, 0.5) is 5.82 Å². The molecule has 1 aromatic rings. The van der Waals surface area contributed by atoms with Gasteiger partial charge in [-0.25, -0.2) is 4.98 Å². The maximum Gasteiger partial charge on any atom is 0.132 e. The van der Waals surface area contributed by atoms with Crippen molar-refractivity contribution in [2.45, 2.75) is 5.33 Å². The summed E-state index contributed by atoms with van der Waals surface area (Å²) in [5.41, 5.74) is 1.28. The molecule has 0 aromatic carbocycles. The lowest BCUT2D eigenvalue weighted by atomic mass is 10.2. The maximum atomic E-state index is 4.54. The summed E-state index contributed by atoms with van der Waals surface area (Å²) >= 11 is 3.55. The molecule has 0 amide bonds. The fraction of sp³-hybridized carbons (Fsp3) is 0.643. The van der Waals surface area contributed by atoms with E-state index in [1.54, 1.807) is 0 Å². The molecule has 1 aliphatic rings. The van der Waals surface area contributed by atoms with E-state index in [9.17, 15) is 0 Å². The van der Waals surface area contributed by atoms with Crippen LogP contribution in [-0.4, -0.2) is 68.1 Å². The number of halogens is 1. The minimum Gasteiger partial charge on any atom is -0.354 e. The average molecular weight is 327 g/mol. The first-order valence-corrected chi connectivity index (χ1v) is 7.94. The van der Waals surface area contributed by atoms with Gasteiger partial charge in [0.15, 0.2) is 0 Å². The highest BCUT2D eigenvalue weighted by atomic mass is 79.9. The van der Waals surface area contributed by atoms with Crippen LogP contribution in [0.15, 0.2) is 18.3 Å². The first-order valence-electron chi connectivity index (χ1n) is 6.82. The van der Waals surface area contributed by atoms with Gasteiger partial charge < -0.3 is 9.80 Å². The number of hydrogen-bond acceptors (Lipinski definition) is 4. The van der Waals surface area contributed by atoms with Crippen LogP contribution in [0.2, 0.25) is 0 Å². The van der Waals surface area contributed by atoms with E-state index >= 15 is 0 Å². The molecule has 0 saturated carbocycles. The Bertz CT molecular complexity index is 389. The largest absolute Gasteiger partial charge is 0.354 e. The fourth-order valence-corrected chi connectivity index (χ4v) is 2.78. The minimum absolute atomic E-state index is 0.872. The van der Waals surface area contributed by atoms with E-state index in [-0.39, 0.29) is 0 Å². The molecule has 0 aliphatic carbocycles. The number of alkyl halides is 1. The molecule has 0 spiro atoms. The van der Waals surface area contributed by atoms with Crippen molar-refractivity contribution in [2.75, 3.05) is 58.3 Å². The number of rotatable bonds is 5. The van der Waals surface area contributed by atoms with Crippen molar-refractivity contribution in [2.24, 2.45) is 0 Å². The molecule has 0 unspecified atom stereocenters. The molecule has 1 aliphatic heterocycles. The number of hydrogen-bond donors (Lipinski definition) is 0. The van der Waals surface area contributed by atoms with Crippen molar-refractivity contribution in [1.29, 1.82) is 0 Å². The number of anilines is 1. The third-order valence-electron chi connectivity index (χ3n) is 3.55. The second-order valence-corrected chi connectivity index (χ2v) is 5.81. The van der Waals surface area contributed by atoms with E-state index < -0.39 is 0 Å². The number of nitrogens with zero attached hydrogens (tertiary/aromatic N) is 4. The van der Waals surface area contributed by atoms with E-state index in [1.165, 1.54) is 5.56 Å². The van der Waals surface area contributed by atoms with Crippen LogP contribution in [0.3, 0.4) is 0 Å². The molecule has 1 fully saturated rings. The molecule has 1 aromatic heterocycles. The summed E-state index contributed by atoms with van der Waals surface area (Å²) < 4.78 is 0. The van der Waals surface area contributed by atoms with Gasteiger partial charge in [-0.05, 0) is 20.2 Å². The van der Waals surface area contributed by atoms with Gasteiger partial charge in [0.05, 0.1) is 0 Å². The van der Waals surface area contributed by atoms with Gasteiger partial charge in [-0.3, -0.25) is 4.90 Å². The number of pyridine rings is 1. The Labute approximate surface area is 124 Å². The quantitative estimate of drug-likeness (QED) is 0.767. The summed E-state index contributed by atoms with van der Waals surface area (Å²) in [5.74, 6) is 1.15. The number of piperazine rings is 1. The van der Waals surface area contributed by atoms with Gasteiger partial charge in [0.1, 0.15) is 5.82 Å². The molecule has 0 radical (unpaired) electrons. The lowest BCUT2D eigenvalue weighted by molar-refractivity contribution is 0.229. The molecule has 2 heterocycles. The van der Waals surface area contributed by atoms with E-state index in [0.717, 1.165) is 50.4 Å². The summed E-state index contributed by atoms with van der Waals surface area (Å²) in [5, 5.41) is 0.872. The van der Waals surface area contributed by atoms with Crippen LogP contribution >= 0.6 is 15.9 Å². The Balaban J connectivity index is 1.89. The van der Waals surface area contributed by atoms with Gasteiger partial charge in [-0.1, -0.05) is 22.0 Å². The van der Waals surface area contributed by atoms with Crippen molar-refractivity contribution in [3.63, 3.8) is 0 Å². The van der Waals surface area contributed by atoms with Crippen LogP contribution in [-0.2, 0) is 5.33 Å². The van der Waals surface area contributed by atoms with Crippen LogP contribution < -0.4 is 4.90 Å². The molecule has 0 N–H and O–H groups in total. The lowest BCUT2D eigenvalue weighted by Crippen LogP contribution is -2.48. The van der Waals surface area contributed by atoms with E-state index in [2.05, 4.69) is 55.8 Å². The molecule has 0 atom stereocenters. The monoisotopic (exact) mass is 326 g/mol. The molecule has 1 saturated heterocycles. The zero-order chi connectivity index (χ0) is 13.7. The Morgan fingerprint density at radius 3 is 2.63 bits per heavy atom. The van der Waals surface area contributed by atoms with Gasteiger partial charge >= 0.3 is 0 Å². The Hall–Kier alpha value is -0.650. The maximum absolute atomic E-state index is 4.54. The van der Waals surface area contributed by atoms with Crippen molar-refractivity contribution >= 4 is 21.7 Å². The van der Waals surface area contributed by atoms with Crippen molar-refractivity contribution in [3.05, 3.63) is 23.9 Å². The van der Waals surface area contributed by atoms with Gasteiger partial charge in [-0.2, -0.15) is 0 Å². The average Bonchev–Trinajstić information content (AvgIpc) is 2.45. The Kier molecular flexibility index (Phi) is 5.60. The topological polar surface area (TPSA) is 22.6 Å². The standard InChI is InChI=1S/C14H23BrN4/c1-17(2)6-7-18-8-10-19(11-9-18)14-13(12-15)4-3-5-16-14/h3-5H,6-12H2,1-2H3. The number of likely N-dealkylation sites (N-methyl/N-ethyl adjacent to an activating group) is 1. The molecule has 2 rings (SSSR count). The van der Waals surface area contributed by atoms with Crippen molar-refractivity contribution in [1.82, 2.24) is 14.8 Å². The highest BCUT2D eigenvalue weighted by Gasteiger charge is 2.19. The highest BCUT2D eigenvalue weighted by Crippen LogP contribution is 2.20. The zero-order valence-electron chi connectivity index (χ0n) is 11.8. The molecule has 0 bridgehead atoms. The predicted octanol–water partition coefficient (Wildman–Crippen LogP) is 1.66. The minimum atomic E-state index is 0.872. The van der Waals surface area contributed by atoms with Crippen LogP contribution in [0.25, 0.3) is 0 Å². The van der Waals surface area contributed by atoms with Gasteiger partial charge in [0.25, 0.3) is 0 Å². The first-order chi connectivity index (χ1) is 9.20. The predicted molar refractivity (Wildman–Crippen MR) is 84.1 cm³/mol. The third-order valence-corrected chi connectivity index (χ3v) is 4.15. The van der Waals surface area contributed by atoms with E-state index in [4.69, 9.17) is 0 Å². The lowest BCUT2D eigenvalue weighted by Gasteiger charge is -2.36. The van der Waals surface area contributed by atoms with Crippen molar-refractivity contribution in [3.8, 4) is 0 Å². The molecule has 5 heteroatoms. The first kappa shape index (κ1) is 14.8. The van der Waals surface area contributed by atoms with Gasteiger partial charge in [-0.15, -0.1) is 0 Å². The van der Waals surface area contributed by atoms with Crippen molar-refractivity contribution < 1.29 is 0 Å². The second kappa shape index (κ2) is 7.22. The number of aromatic nitrogens is 1. The second-order valence-electron chi connectivity index (χ2n) is 5.25. The summed E-state index contributed by atoms with van der Waals surface area (Å²) in [4.78, 5) is 11.7. The van der Waals surface area contributed by atoms with E-state index in [0.29, 0.717) is 0 Å². The Morgan fingerprint density at radius 1 is 1.26 bits per heavy atom. The van der Waals surface area contributed by atoms with Crippen LogP contribution in [0, 0.1) is 0 Å².